The first-order chi connectivity index (χ1) is 8.72. The molecule has 2 rings (SSSR count). The molecule has 5 heteroatoms. The zero-order valence-corrected chi connectivity index (χ0v) is 10.6. The topological polar surface area (TPSA) is 65.0 Å². The Morgan fingerprint density at radius 3 is 3.00 bits per heavy atom. The number of carbonyl (C=O) groups excluding carboxylic acids is 1. The molecule has 0 saturated heterocycles. The van der Waals surface area contributed by atoms with Gasteiger partial charge in [-0.1, -0.05) is 6.08 Å². The van der Waals surface area contributed by atoms with Gasteiger partial charge in [-0.2, -0.15) is 0 Å². The highest BCUT2D eigenvalue weighted by Crippen LogP contribution is 2.43. The zero-order valence-electron chi connectivity index (χ0n) is 10.6. The highest BCUT2D eigenvalue weighted by Gasteiger charge is 2.44. The minimum Gasteiger partial charge on any atom is -0.471 e. The number of ether oxygens (including phenoxy) is 3. The lowest BCUT2D eigenvalue weighted by molar-refractivity contribution is -0.154. The SMILES string of the molecule is CCOC1OC=C(C(=O)OC)C2CC=C(CO)C12. The van der Waals surface area contributed by atoms with Gasteiger partial charge < -0.3 is 19.3 Å². The number of aliphatic hydroxyl groups is 1. The van der Waals surface area contributed by atoms with Gasteiger partial charge in [-0.05, 0) is 18.9 Å². The average molecular weight is 254 g/mol. The minimum absolute atomic E-state index is 0.0232. The van der Waals surface area contributed by atoms with Crippen molar-refractivity contribution < 1.29 is 24.1 Å². The molecule has 0 bridgehead atoms. The molecule has 5 nitrogen and oxygen atoms in total. The number of rotatable bonds is 4. The number of aliphatic hydroxyl groups excluding tert-OH is 1. The molecule has 1 aliphatic carbocycles. The summed E-state index contributed by atoms with van der Waals surface area (Å²) in [7, 11) is 1.35. The van der Waals surface area contributed by atoms with Gasteiger partial charge in [0.15, 0.2) is 0 Å². The summed E-state index contributed by atoms with van der Waals surface area (Å²) in [6, 6.07) is 0. The molecular formula is C13H18O5. The van der Waals surface area contributed by atoms with E-state index < -0.39 is 6.29 Å². The fourth-order valence-corrected chi connectivity index (χ4v) is 2.61. The number of hydrogen-bond acceptors (Lipinski definition) is 5. The molecule has 0 aromatic carbocycles. The maximum atomic E-state index is 11.7. The van der Waals surface area contributed by atoms with Gasteiger partial charge in [-0.3, -0.25) is 0 Å². The molecule has 1 aliphatic heterocycles. The molecular weight excluding hydrogens is 236 g/mol. The van der Waals surface area contributed by atoms with Gasteiger partial charge in [0.1, 0.15) is 0 Å². The number of allylic oxidation sites excluding steroid dienone is 1. The predicted octanol–water partition coefficient (Wildman–Crippen LogP) is 0.991. The molecule has 100 valence electrons. The monoisotopic (exact) mass is 254 g/mol. The van der Waals surface area contributed by atoms with Crippen LogP contribution < -0.4 is 0 Å². The molecule has 0 amide bonds. The minimum atomic E-state index is -0.436. The third-order valence-corrected chi connectivity index (χ3v) is 3.45. The largest absolute Gasteiger partial charge is 0.471 e. The smallest absolute Gasteiger partial charge is 0.337 e. The Balaban J connectivity index is 2.25. The van der Waals surface area contributed by atoms with Crippen molar-refractivity contribution >= 4 is 5.97 Å². The van der Waals surface area contributed by atoms with Crippen LogP contribution in [0.1, 0.15) is 13.3 Å². The molecule has 3 atom stereocenters. The quantitative estimate of drug-likeness (QED) is 0.598. The third kappa shape index (κ3) is 2.15. The third-order valence-electron chi connectivity index (χ3n) is 3.45. The summed E-state index contributed by atoms with van der Waals surface area (Å²) in [5.41, 5.74) is 1.38. The van der Waals surface area contributed by atoms with Crippen molar-refractivity contribution in [3.8, 4) is 0 Å². The normalized spacial score (nSPS) is 30.1. The van der Waals surface area contributed by atoms with Gasteiger partial charge in [0, 0.05) is 12.5 Å². The number of methoxy groups -OCH3 is 1. The first-order valence-electron chi connectivity index (χ1n) is 6.08. The fraction of sp³-hybridized carbons (Fsp3) is 0.615. The Labute approximate surface area is 106 Å². The highest BCUT2D eigenvalue weighted by atomic mass is 16.7. The van der Waals surface area contributed by atoms with Gasteiger partial charge >= 0.3 is 5.97 Å². The summed E-state index contributed by atoms with van der Waals surface area (Å²) < 4.78 is 15.7. The average Bonchev–Trinajstić information content (AvgIpc) is 2.82. The van der Waals surface area contributed by atoms with E-state index in [0.717, 1.165) is 5.57 Å². The lowest BCUT2D eigenvalue weighted by Crippen LogP contribution is -2.37. The molecule has 0 radical (unpaired) electrons. The maximum absolute atomic E-state index is 11.7. The first kappa shape index (κ1) is 13.1. The van der Waals surface area contributed by atoms with Crippen LogP contribution >= 0.6 is 0 Å². The van der Waals surface area contributed by atoms with Crippen LogP contribution in [0.5, 0.6) is 0 Å². The van der Waals surface area contributed by atoms with Crippen molar-refractivity contribution in [1.29, 1.82) is 0 Å². The van der Waals surface area contributed by atoms with Crippen molar-refractivity contribution in [2.24, 2.45) is 11.8 Å². The van der Waals surface area contributed by atoms with Crippen LogP contribution in [-0.4, -0.2) is 37.7 Å². The van der Waals surface area contributed by atoms with E-state index in [0.29, 0.717) is 18.6 Å². The van der Waals surface area contributed by atoms with Crippen LogP contribution in [0.25, 0.3) is 0 Å². The Kier molecular flexibility index (Phi) is 4.04. The van der Waals surface area contributed by atoms with Crippen LogP contribution in [-0.2, 0) is 19.0 Å². The summed E-state index contributed by atoms with van der Waals surface area (Å²) in [5, 5.41) is 9.36. The Bertz CT molecular complexity index is 385. The van der Waals surface area contributed by atoms with Crippen molar-refractivity contribution in [3.05, 3.63) is 23.5 Å². The summed E-state index contributed by atoms with van der Waals surface area (Å²) in [4.78, 5) is 11.7. The van der Waals surface area contributed by atoms with Gasteiger partial charge in [0.05, 0.1) is 31.5 Å². The van der Waals surface area contributed by atoms with Crippen molar-refractivity contribution in [2.75, 3.05) is 20.3 Å². The fourth-order valence-electron chi connectivity index (χ4n) is 2.61. The van der Waals surface area contributed by atoms with Crippen LogP contribution in [0, 0.1) is 11.8 Å². The summed E-state index contributed by atoms with van der Waals surface area (Å²) in [6.07, 6.45) is 3.65. The van der Waals surface area contributed by atoms with Crippen LogP contribution in [0.4, 0.5) is 0 Å². The lowest BCUT2D eigenvalue weighted by atomic mass is 9.83. The molecule has 0 fully saturated rings. The van der Waals surface area contributed by atoms with Crippen LogP contribution in [0.3, 0.4) is 0 Å². The van der Waals surface area contributed by atoms with E-state index in [1.165, 1.54) is 13.4 Å². The Morgan fingerprint density at radius 1 is 1.61 bits per heavy atom. The lowest BCUT2D eigenvalue weighted by Gasteiger charge is -2.34. The van der Waals surface area contributed by atoms with E-state index in [2.05, 4.69) is 0 Å². The summed E-state index contributed by atoms with van der Waals surface area (Å²) in [5.74, 6) is -0.508. The molecule has 3 unspecified atom stereocenters. The standard InChI is InChI=1S/C13H18O5/c1-3-17-13-11-8(6-14)4-5-9(11)10(7-18-13)12(15)16-2/h4,7,9,11,13-14H,3,5-6H2,1-2H3. The van der Waals surface area contributed by atoms with Gasteiger partial charge in [0.2, 0.25) is 6.29 Å². The van der Waals surface area contributed by atoms with Crippen molar-refractivity contribution in [2.45, 2.75) is 19.6 Å². The van der Waals surface area contributed by atoms with Gasteiger partial charge in [0.25, 0.3) is 0 Å². The van der Waals surface area contributed by atoms with E-state index in [-0.39, 0.29) is 24.4 Å². The molecule has 0 spiro atoms. The predicted molar refractivity (Wildman–Crippen MR) is 63.4 cm³/mol. The molecule has 18 heavy (non-hydrogen) atoms. The molecule has 1 N–H and O–H groups in total. The molecule has 2 aliphatic rings. The van der Waals surface area contributed by atoms with Crippen LogP contribution in [0.15, 0.2) is 23.5 Å². The Morgan fingerprint density at radius 2 is 2.39 bits per heavy atom. The second-order valence-corrected chi connectivity index (χ2v) is 4.33. The summed E-state index contributed by atoms with van der Waals surface area (Å²) >= 11 is 0. The summed E-state index contributed by atoms with van der Waals surface area (Å²) in [6.45, 7) is 2.37. The maximum Gasteiger partial charge on any atom is 0.337 e. The van der Waals surface area contributed by atoms with Crippen molar-refractivity contribution in [1.82, 2.24) is 0 Å². The number of esters is 1. The first-order valence-corrected chi connectivity index (χ1v) is 6.08. The van der Waals surface area contributed by atoms with Crippen molar-refractivity contribution in [3.63, 3.8) is 0 Å². The van der Waals surface area contributed by atoms with E-state index in [1.807, 2.05) is 13.0 Å². The van der Waals surface area contributed by atoms with E-state index in [4.69, 9.17) is 14.2 Å². The van der Waals surface area contributed by atoms with E-state index in [1.54, 1.807) is 0 Å². The molecule has 1 heterocycles. The van der Waals surface area contributed by atoms with Gasteiger partial charge in [-0.15, -0.1) is 0 Å². The Hall–Kier alpha value is -1.33. The van der Waals surface area contributed by atoms with Gasteiger partial charge in [-0.25, -0.2) is 4.79 Å². The van der Waals surface area contributed by atoms with E-state index in [9.17, 15) is 9.90 Å². The number of hydrogen-bond donors (Lipinski definition) is 1. The van der Waals surface area contributed by atoms with E-state index >= 15 is 0 Å². The highest BCUT2D eigenvalue weighted by molar-refractivity contribution is 5.89. The number of carbonyl (C=O) groups is 1. The number of fused-ring (bicyclic) bond motifs is 1. The second kappa shape index (κ2) is 5.54. The molecule has 0 aromatic rings. The second-order valence-electron chi connectivity index (χ2n) is 4.33. The zero-order chi connectivity index (χ0) is 13.1. The molecule has 0 aromatic heterocycles. The van der Waals surface area contributed by atoms with Crippen LogP contribution in [0.2, 0.25) is 0 Å². The molecule has 0 saturated carbocycles.